The molecule has 3 N–H and O–H groups in total. The van der Waals surface area contributed by atoms with Crippen LogP contribution in [0.3, 0.4) is 0 Å². The summed E-state index contributed by atoms with van der Waals surface area (Å²) in [7, 11) is -3.45. The Balaban J connectivity index is 1.97. The molecule has 1 aliphatic carbocycles. The first-order chi connectivity index (χ1) is 8.47. The molecule has 0 amide bonds. The molecule has 1 fully saturated rings. The van der Waals surface area contributed by atoms with E-state index in [4.69, 9.17) is 5.73 Å². The molecule has 2 unspecified atom stereocenters. The molecule has 1 saturated carbocycles. The van der Waals surface area contributed by atoms with Crippen LogP contribution in [-0.2, 0) is 10.0 Å². The zero-order valence-corrected chi connectivity index (χ0v) is 11.3. The average molecular weight is 269 g/mol. The summed E-state index contributed by atoms with van der Waals surface area (Å²) in [6.07, 6.45) is 4.68. The van der Waals surface area contributed by atoms with Gasteiger partial charge in [-0.25, -0.2) is 18.1 Å². The largest absolute Gasteiger partial charge is 0.384 e. The molecule has 2 atom stereocenters. The maximum absolute atomic E-state index is 12.0. The number of pyridine rings is 1. The van der Waals surface area contributed by atoms with E-state index in [2.05, 4.69) is 16.6 Å². The molecule has 2 rings (SSSR count). The lowest BCUT2D eigenvalue weighted by Crippen LogP contribution is -2.28. The summed E-state index contributed by atoms with van der Waals surface area (Å²) in [5, 5.41) is 0. The summed E-state index contributed by atoms with van der Waals surface area (Å²) in [4.78, 5) is 3.97. The highest BCUT2D eigenvalue weighted by molar-refractivity contribution is 7.89. The molecular formula is C12H19N3O2S. The molecule has 18 heavy (non-hydrogen) atoms. The highest BCUT2D eigenvalue weighted by Gasteiger charge is 2.23. The zero-order valence-electron chi connectivity index (χ0n) is 10.5. The van der Waals surface area contributed by atoms with Crippen molar-refractivity contribution >= 4 is 15.8 Å². The van der Waals surface area contributed by atoms with Crippen molar-refractivity contribution in [3.63, 3.8) is 0 Å². The lowest BCUT2D eigenvalue weighted by atomic mass is 10.1. The van der Waals surface area contributed by atoms with E-state index in [9.17, 15) is 8.42 Å². The molecule has 0 radical (unpaired) electrons. The molecule has 0 aromatic carbocycles. The van der Waals surface area contributed by atoms with Gasteiger partial charge in [0.15, 0.2) is 0 Å². The fourth-order valence-corrected chi connectivity index (χ4v) is 3.43. The van der Waals surface area contributed by atoms with Gasteiger partial charge in [-0.15, -0.1) is 0 Å². The minimum absolute atomic E-state index is 0.169. The van der Waals surface area contributed by atoms with E-state index in [0.29, 0.717) is 24.2 Å². The van der Waals surface area contributed by atoms with Crippen LogP contribution >= 0.6 is 0 Å². The molecule has 1 aliphatic rings. The van der Waals surface area contributed by atoms with Crippen LogP contribution < -0.4 is 10.5 Å². The van der Waals surface area contributed by atoms with Gasteiger partial charge in [0.25, 0.3) is 0 Å². The van der Waals surface area contributed by atoms with E-state index >= 15 is 0 Å². The fourth-order valence-electron chi connectivity index (χ4n) is 2.37. The Morgan fingerprint density at radius 2 is 2.22 bits per heavy atom. The van der Waals surface area contributed by atoms with Crippen LogP contribution in [-0.4, -0.2) is 19.9 Å². The molecule has 0 bridgehead atoms. The van der Waals surface area contributed by atoms with Crippen molar-refractivity contribution in [1.29, 1.82) is 0 Å². The smallest absolute Gasteiger partial charge is 0.242 e. The van der Waals surface area contributed by atoms with Crippen molar-refractivity contribution in [3.05, 3.63) is 18.3 Å². The number of hydrogen-bond acceptors (Lipinski definition) is 4. The second kappa shape index (κ2) is 5.24. The summed E-state index contributed by atoms with van der Waals surface area (Å²) >= 11 is 0. The van der Waals surface area contributed by atoms with Crippen LogP contribution in [0.1, 0.15) is 26.2 Å². The Morgan fingerprint density at radius 1 is 1.44 bits per heavy atom. The predicted molar refractivity (Wildman–Crippen MR) is 70.3 cm³/mol. The van der Waals surface area contributed by atoms with E-state index in [1.807, 2.05) is 0 Å². The Morgan fingerprint density at radius 3 is 2.78 bits per heavy atom. The van der Waals surface area contributed by atoms with Gasteiger partial charge < -0.3 is 5.73 Å². The third-order valence-electron chi connectivity index (χ3n) is 3.43. The quantitative estimate of drug-likeness (QED) is 0.864. The lowest BCUT2D eigenvalue weighted by molar-refractivity contribution is 0.498. The minimum atomic E-state index is -3.45. The van der Waals surface area contributed by atoms with Crippen LogP contribution in [0, 0.1) is 11.8 Å². The van der Waals surface area contributed by atoms with Gasteiger partial charge in [-0.1, -0.05) is 13.3 Å². The highest BCUT2D eigenvalue weighted by Crippen LogP contribution is 2.29. The van der Waals surface area contributed by atoms with Crippen molar-refractivity contribution in [2.24, 2.45) is 11.8 Å². The van der Waals surface area contributed by atoms with Crippen molar-refractivity contribution in [2.75, 3.05) is 12.3 Å². The molecule has 1 heterocycles. The van der Waals surface area contributed by atoms with Gasteiger partial charge >= 0.3 is 0 Å². The van der Waals surface area contributed by atoms with E-state index < -0.39 is 10.0 Å². The standard InChI is InChI=1S/C12H19N3O2S/c1-9-2-3-10(6-9)7-15-18(16,17)11-4-5-12(13)14-8-11/h4-5,8-10,15H,2-3,6-7H2,1H3,(H2,13,14). The summed E-state index contributed by atoms with van der Waals surface area (Å²) in [5.41, 5.74) is 5.43. The molecule has 1 aromatic rings. The van der Waals surface area contributed by atoms with Crippen LogP contribution in [0.15, 0.2) is 23.2 Å². The number of nitrogens with one attached hydrogen (secondary N) is 1. The van der Waals surface area contributed by atoms with E-state index in [0.717, 1.165) is 12.8 Å². The van der Waals surface area contributed by atoms with Crippen LogP contribution in [0.2, 0.25) is 0 Å². The molecule has 1 aromatic heterocycles. The number of rotatable bonds is 4. The summed E-state index contributed by atoms with van der Waals surface area (Å²) < 4.78 is 26.6. The number of hydrogen-bond donors (Lipinski definition) is 2. The second-order valence-electron chi connectivity index (χ2n) is 5.05. The Bertz CT molecular complexity index is 499. The average Bonchev–Trinajstić information content (AvgIpc) is 2.73. The van der Waals surface area contributed by atoms with Gasteiger partial charge in [0, 0.05) is 12.7 Å². The first kappa shape index (κ1) is 13.3. The van der Waals surface area contributed by atoms with Crippen molar-refractivity contribution in [1.82, 2.24) is 9.71 Å². The van der Waals surface area contributed by atoms with Gasteiger partial charge in [0.1, 0.15) is 10.7 Å². The number of nitrogens with two attached hydrogens (primary N) is 1. The highest BCUT2D eigenvalue weighted by atomic mass is 32.2. The van der Waals surface area contributed by atoms with E-state index in [1.54, 1.807) is 0 Å². The second-order valence-corrected chi connectivity index (χ2v) is 6.82. The molecule has 0 saturated heterocycles. The summed E-state index contributed by atoms with van der Waals surface area (Å²) in [6, 6.07) is 2.97. The Kier molecular flexibility index (Phi) is 3.87. The van der Waals surface area contributed by atoms with Gasteiger partial charge in [-0.3, -0.25) is 0 Å². The zero-order chi connectivity index (χ0) is 13.2. The SMILES string of the molecule is CC1CCC(CNS(=O)(=O)c2ccc(N)nc2)C1. The van der Waals surface area contributed by atoms with Crippen LogP contribution in [0.5, 0.6) is 0 Å². The van der Waals surface area contributed by atoms with Crippen molar-refractivity contribution in [2.45, 2.75) is 31.1 Å². The van der Waals surface area contributed by atoms with Crippen LogP contribution in [0.4, 0.5) is 5.82 Å². The topological polar surface area (TPSA) is 85.1 Å². The Labute approximate surface area is 108 Å². The Hall–Kier alpha value is -1.14. The number of nitrogen functional groups attached to an aromatic ring is 1. The van der Waals surface area contributed by atoms with Crippen molar-refractivity contribution < 1.29 is 8.42 Å². The first-order valence-corrected chi connectivity index (χ1v) is 7.67. The van der Waals surface area contributed by atoms with Gasteiger partial charge in [0.05, 0.1) is 0 Å². The summed E-state index contributed by atoms with van der Waals surface area (Å²) in [5.74, 6) is 1.48. The molecule has 0 aliphatic heterocycles. The molecule has 5 nitrogen and oxygen atoms in total. The van der Waals surface area contributed by atoms with Gasteiger partial charge in [0.2, 0.25) is 10.0 Å². The molecule has 0 spiro atoms. The molecule has 100 valence electrons. The molecular weight excluding hydrogens is 250 g/mol. The summed E-state index contributed by atoms with van der Waals surface area (Å²) in [6.45, 7) is 2.72. The predicted octanol–water partition coefficient (Wildman–Crippen LogP) is 1.38. The number of aromatic nitrogens is 1. The molecule has 6 heteroatoms. The van der Waals surface area contributed by atoms with Crippen LogP contribution in [0.25, 0.3) is 0 Å². The number of sulfonamides is 1. The maximum atomic E-state index is 12.0. The van der Waals surface area contributed by atoms with Crippen molar-refractivity contribution in [3.8, 4) is 0 Å². The first-order valence-electron chi connectivity index (χ1n) is 6.18. The lowest BCUT2D eigenvalue weighted by Gasteiger charge is -2.11. The van der Waals surface area contributed by atoms with Gasteiger partial charge in [-0.2, -0.15) is 0 Å². The van der Waals surface area contributed by atoms with E-state index in [-0.39, 0.29) is 4.90 Å². The van der Waals surface area contributed by atoms with Gasteiger partial charge in [-0.05, 0) is 36.8 Å². The third kappa shape index (κ3) is 3.20. The maximum Gasteiger partial charge on any atom is 0.242 e. The normalized spacial score (nSPS) is 24.3. The minimum Gasteiger partial charge on any atom is -0.384 e. The number of nitrogens with zero attached hydrogens (tertiary/aromatic N) is 1. The third-order valence-corrected chi connectivity index (χ3v) is 4.84. The number of anilines is 1. The monoisotopic (exact) mass is 269 g/mol. The van der Waals surface area contributed by atoms with E-state index in [1.165, 1.54) is 24.8 Å². The fraction of sp³-hybridized carbons (Fsp3) is 0.583.